The zero-order valence-electron chi connectivity index (χ0n) is 21.3. The van der Waals surface area contributed by atoms with Gasteiger partial charge in [-0.15, -0.1) is 0 Å². The van der Waals surface area contributed by atoms with Crippen molar-refractivity contribution in [2.75, 3.05) is 11.4 Å². The van der Waals surface area contributed by atoms with Crippen LogP contribution in [0, 0.1) is 5.92 Å². The van der Waals surface area contributed by atoms with Crippen molar-refractivity contribution in [1.29, 1.82) is 0 Å². The van der Waals surface area contributed by atoms with Crippen molar-refractivity contribution in [1.82, 2.24) is 18.7 Å². The fourth-order valence-electron chi connectivity index (χ4n) is 5.00. The molecule has 1 atom stereocenters. The van der Waals surface area contributed by atoms with Crippen LogP contribution in [0.5, 0.6) is 11.5 Å². The van der Waals surface area contributed by atoms with E-state index in [1.165, 1.54) is 9.13 Å². The number of para-hydroxylation sites is 1. The number of rotatable bonds is 5. The highest BCUT2D eigenvalue weighted by atomic mass is 35.5. The number of benzene rings is 3. The van der Waals surface area contributed by atoms with E-state index < -0.39 is 11.2 Å². The molecule has 2 aromatic heterocycles. The molecule has 0 unspecified atom stereocenters. The standard InChI is InChI=1S/C29H25Cl2N5O3/c1-18-15-34(20-9-11-22(12-10-20)39-21-6-4-3-5-7-21)28-32-26-25(35(28)16-18)27(37)36(29(38)33(26)2)17-19-8-13-23(30)24(31)14-19/h3-14,18H,15-17H2,1-2H3/t18-/m0/s1. The second kappa shape index (κ2) is 9.94. The summed E-state index contributed by atoms with van der Waals surface area (Å²) in [6, 6.07) is 22.5. The molecular weight excluding hydrogens is 537 g/mol. The molecule has 0 aliphatic carbocycles. The van der Waals surface area contributed by atoms with Crippen molar-refractivity contribution in [3.05, 3.63) is 109 Å². The Bertz CT molecular complexity index is 1810. The van der Waals surface area contributed by atoms with E-state index in [4.69, 9.17) is 32.9 Å². The normalized spacial score (nSPS) is 15.0. The van der Waals surface area contributed by atoms with Gasteiger partial charge in [0.2, 0.25) is 5.95 Å². The van der Waals surface area contributed by atoms with Crippen LogP contribution < -0.4 is 20.9 Å². The molecule has 0 saturated carbocycles. The van der Waals surface area contributed by atoms with Gasteiger partial charge >= 0.3 is 5.69 Å². The lowest BCUT2D eigenvalue weighted by atomic mass is 10.1. The molecule has 8 nitrogen and oxygen atoms in total. The maximum absolute atomic E-state index is 13.8. The lowest BCUT2D eigenvalue weighted by Gasteiger charge is -2.33. The molecule has 0 bridgehead atoms. The number of nitrogens with zero attached hydrogens (tertiary/aromatic N) is 5. The molecule has 0 radical (unpaired) electrons. The van der Waals surface area contributed by atoms with Crippen molar-refractivity contribution >= 4 is 46.0 Å². The van der Waals surface area contributed by atoms with E-state index in [9.17, 15) is 9.59 Å². The first kappa shape index (κ1) is 25.3. The van der Waals surface area contributed by atoms with Gasteiger partial charge in [-0.3, -0.25) is 13.9 Å². The maximum atomic E-state index is 13.8. The van der Waals surface area contributed by atoms with Gasteiger partial charge in [0.1, 0.15) is 11.5 Å². The predicted octanol–water partition coefficient (Wildman–Crippen LogP) is 5.83. The highest BCUT2D eigenvalue weighted by molar-refractivity contribution is 6.42. The van der Waals surface area contributed by atoms with Crippen LogP contribution in [0.3, 0.4) is 0 Å². The quantitative estimate of drug-likeness (QED) is 0.270. The van der Waals surface area contributed by atoms with Gasteiger partial charge in [0.05, 0.1) is 16.6 Å². The predicted molar refractivity (Wildman–Crippen MR) is 154 cm³/mol. The molecule has 1 aliphatic rings. The minimum Gasteiger partial charge on any atom is -0.457 e. The van der Waals surface area contributed by atoms with Crippen LogP contribution in [0.1, 0.15) is 12.5 Å². The summed E-state index contributed by atoms with van der Waals surface area (Å²) < 4.78 is 10.5. The number of halogens is 2. The van der Waals surface area contributed by atoms with Gasteiger partial charge in [-0.2, -0.15) is 4.98 Å². The number of ether oxygens (including phenoxy) is 1. The Hall–Kier alpha value is -4.01. The van der Waals surface area contributed by atoms with Crippen LogP contribution in [0.15, 0.2) is 82.4 Å². The van der Waals surface area contributed by atoms with Gasteiger partial charge in [0.15, 0.2) is 11.2 Å². The second-order valence-electron chi connectivity index (χ2n) is 9.80. The Morgan fingerprint density at radius 2 is 1.64 bits per heavy atom. The molecule has 0 fully saturated rings. The van der Waals surface area contributed by atoms with E-state index in [0.29, 0.717) is 45.8 Å². The maximum Gasteiger partial charge on any atom is 0.332 e. The van der Waals surface area contributed by atoms with E-state index in [1.54, 1.807) is 25.2 Å². The second-order valence-corrected chi connectivity index (χ2v) is 10.6. The third kappa shape index (κ3) is 4.60. The Morgan fingerprint density at radius 3 is 2.36 bits per heavy atom. The molecule has 39 heavy (non-hydrogen) atoms. The Kier molecular flexibility index (Phi) is 6.45. The van der Waals surface area contributed by atoms with Crippen LogP contribution in [0.4, 0.5) is 11.6 Å². The number of fused-ring (bicyclic) bond motifs is 3. The first-order valence-electron chi connectivity index (χ1n) is 12.5. The average molecular weight is 562 g/mol. The van der Waals surface area contributed by atoms with E-state index in [0.717, 1.165) is 17.2 Å². The van der Waals surface area contributed by atoms with Gasteiger partial charge < -0.3 is 14.2 Å². The molecule has 6 rings (SSSR count). The van der Waals surface area contributed by atoms with Gasteiger partial charge in [-0.05, 0) is 60.0 Å². The summed E-state index contributed by atoms with van der Waals surface area (Å²) in [7, 11) is 1.64. The molecule has 0 amide bonds. The van der Waals surface area contributed by atoms with Gasteiger partial charge in [0, 0.05) is 25.8 Å². The number of hydrogen-bond acceptors (Lipinski definition) is 5. The molecular formula is C29H25Cl2N5O3. The Morgan fingerprint density at radius 1 is 0.923 bits per heavy atom. The highest BCUT2D eigenvalue weighted by Gasteiger charge is 2.30. The Labute approximate surface area is 234 Å². The lowest BCUT2D eigenvalue weighted by Crippen LogP contribution is -2.40. The molecule has 10 heteroatoms. The number of hydrogen-bond donors (Lipinski definition) is 0. The van der Waals surface area contributed by atoms with Crippen LogP contribution in [-0.4, -0.2) is 25.2 Å². The number of aryl methyl sites for hydroxylation is 1. The SMILES string of the molecule is C[C@H]1CN(c2ccc(Oc3ccccc3)cc2)c2nc3c(c(=O)n(Cc4ccc(Cl)c(Cl)c4)c(=O)n3C)n2C1. The summed E-state index contributed by atoms with van der Waals surface area (Å²) in [6.07, 6.45) is 0. The minimum atomic E-state index is -0.448. The molecule has 0 N–H and O–H groups in total. The number of aromatic nitrogens is 4. The smallest absolute Gasteiger partial charge is 0.332 e. The van der Waals surface area contributed by atoms with Gasteiger partial charge in [-0.25, -0.2) is 4.79 Å². The van der Waals surface area contributed by atoms with E-state index in [-0.39, 0.29) is 12.5 Å². The minimum absolute atomic E-state index is 0.0704. The van der Waals surface area contributed by atoms with Crippen LogP contribution in [0.2, 0.25) is 10.0 Å². The third-order valence-electron chi connectivity index (χ3n) is 6.89. The molecule has 1 aliphatic heterocycles. The molecule has 5 aromatic rings. The summed E-state index contributed by atoms with van der Waals surface area (Å²) >= 11 is 12.2. The first-order valence-corrected chi connectivity index (χ1v) is 13.3. The first-order chi connectivity index (χ1) is 18.8. The summed E-state index contributed by atoms with van der Waals surface area (Å²) in [6.45, 7) is 3.53. The highest BCUT2D eigenvalue weighted by Crippen LogP contribution is 2.34. The van der Waals surface area contributed by atoms with Crippen LogP contribution in [0.25, 0.3) is 11.2 Å². The molecule has 3 heterocycles. The van der Waals surface area contributed by atoms with Gasteiger partial charge in [0.25, 0.3) is 5.56 Å². The Balaban J connectivity index is 1.41. The summed E-state index contributed by atoms with van der Waals surface area (Å²) in [5.41, 5.74) is 1.53. The summed E-state index contributed by atoms with van der Waals surface area (Å²) in [5, 5.41) is 0.779. The molecule has 0 spiro atoms. The van der Waals surface area contributed by atoms with Crippen molar-refractivity contribution in [3.63, 3.8) is 0 Å². The lowest BCUT2D eigenvalue weighted by molar-refractivity contribution is 0.457. The molecule has 3 aromatic carbocycles. The number of anilines is 2. The zero-order valence-corrected chi connectivity index (χ0v) is 22.9. The molecule has 198 valence electrons. The molecule has 0 saturated heterocycles. The topological polar surface area (TPSA) is 74.3 Å². The summed E-state index contributed by atoms with van der Waals surface area (Å²) in [5.74, 6) is 2.34. The van der Waals surface area contributed by atoms with E-state index in [2.05, 4.69) is 11.8 Å². The monoisotopic (exact) mass is 561 g/mol. The number of imidazole rings is 1. The van der Waals surface area contributed by atoms with Gasteiger partial charge in [-0.1, -0.05) is 54.4 Å². The zero-order chi connectivity index (χ0) is 27.3. The van der Waals surface area contributed by atoms with E-state index >= 15 is 0 Å². The van der Waals surface area contributed by atoms with E-state index in [1.807, 2.05) is 59.2 Å². The third-order valence-corrected chi connectivity index (χ3v) is 7.63. The summed E-state index contributed by atoms with van der Waals surface area (Å²) in [4.78, 5) is 33.9. The fourth-order valence-corrected chi connectivity index (χ4v) is 5.32. The van der Waals surface area contributed by atoms with Crippen molar-refractivity contribution in [3.8, 4) is 11.5 Å². The van der Waals surface area contributed by atoms with Crippen molar-refractivity contribution < 1.29 is 4.74 Å². The van der Waals surface area contributed by atoms with Crippen molar-refractivity contribution in [2.45, 2.75) is 20.0 Å². The fraction of sp³-hybridized carbons (Fsp3) is 0.207. The van der Waals surface area contributed by atoms with Crippen LogP contribution >= 0.6 is 23.2 Å². The largest absolute Gasteiger partial charge is 0.457 e. The average Bonchev–Trinajstić information content (AvgIpc) is 3.32. The van der Waals surface area contributed by atoms with Crippen molar-refractivity contribution in [2.24, 2.45) is 13.0 Å². The van der Waals surface area contributed by atoms with Crippen LogP contribution in [-0.2, 0) is 20.1 Å².